The number of carbonyl (C=O) groups is 1. The van der Waals surface area contributed by atoms with Crippen LogP contribution in [0.25, 0.3) is 0 Å². The monoisotopic (exact) mass is 347 g/mol. The van der Waals surface area contributed by atoms with Crippen LogP contribution in [0.1, 0.15) is 31.9 Å². The average Bonchev–Trinajstić information content (AvgIpc) is 2.60. The third kappa shape index (κ3) is 7.55. The number of benzene rings is 1. The van der Waals surface area contributed by atoms with Crippen molar-refractivity contribution >= 4 is 5.91 Å². The molecule has 5 heteroatoms. The van der Waals surface area contributed by atoms with Gasteiger partial charge < -0.3 is 15.0 Å². The number of amides is 1. The Bertz CT molecular complexity index is 499. The lowest BCUT2D eigenvalue weighted by molar-refractivity contribution is -0.123. The molecule has 1 fully saturated rings. The number of piperazine rings is 1. The summed E-state index contributed by atoms with van der Waals surface area (Å²) < 4.78 is 5.54. The van der Waals surface area contributed by atoms with Crippen molar-refractivity contribution in [3.63, 3.8) is 0 Å². The molecule has 1 N–H and O–H groups in total. The molecule has 25 heavy (non-hydrogen) atoms. The van der Waals surface area contributed by atoms with E-state index < -0.39 is 0 Å². The van der Waals surface area contributed by atoms with Gasteiger partial charge in [0.1, 0.15) is 0 Å². The molecule has 5 nitrogen and oxygen atoms in total. The molecular formula is C20H33N3O2. The van der Waals surface area contributed by atoms with Gasteiger partial charge in [-0.15, -0.1) is 0 Å². The summed E-state index contributed by atoms with van der Waals surface area (Å²) in [5.74, 6) is 0.559. The molecule has 1 aromatic carbocycles. The highest BCUT2D eigenvalue weighted by molar-refractivity contribution is 5.76. The third-order valence-corrected chi connectivity index (χ3v) is 4.50. The summed E-state index contributed by atoms with van der Waals surface area (Å²) in [4.78, 5) is 17.1. The van der Waals surface area contributed by atoms with Crippen molar-refractivity contribution in [1.82, 2.24) is 15.1 Å². The highest BCUT2D eigenvalue weighted by atomic mass is 16.5. The molecule has 0 bridgehead atoms. The van der Waals surface area contributed by atoms with E-state index in [1.165, 1.54) is 0 Å². The fourth-order valence-corrected chi connectivity index (χ4v) is 2.96. The summed E-state index contributed by atoms with van der Waals surface area (Å²) in [6.07, 6.45) is 0.415. The number of carbonyl (C=O) groups excluding carboxylic acids is 1. The predicted molar refractivity (Wildman–Crippen MR) is 102 cm³/mol. The summed E-state index contributed by atoms with van der Waals surface area (Å²) in [6.45, 7) is 10.5. The van der Waals surface area contributed by atoms with Crippen LogP contribution >= 0.6 is 0 Å². The lowest BCUT2D eigenvalue weighted by atomic mass is 10.1. The Balaban J connectivity index is 1.87. The van der Waals surface area contributed by atoms with Gasteiger partial charge in [0, 0.05) is 45.8 Å². The quantitative estimate of drug-likeness (QED) is 0.695. The van der Waals surface area contributed by atoms with Crippen LogP contribution in [-0.4, -0.2) is 68.7 Å². The number of hydrogen-bond donors (Lipinski definition) is 1. The Hall–Kier alpha value is -1.43. The molecule has 140 valence electrons. The highest BCUT2D eigenvalue weighted by Crippen LogP contribution is 2.15. The molecule has 1 unspecified atom stereocenters. The van der Waals surface area contributed by atoms with Crippen LogP contribution in [0.3, 0.4) is 0 Å². The molecule has 1 heterocycles. The Morgan fingerprint density at radius 1 is 1.16 bits per heavy atom. The first-order valence-corrected chi connectivity index (χ1v) is 9.37. The Morgan fingerprint density at radius 2 is 1.84 bits per heavy atom. The van der Waals surface area contributed by atoms with Crippen LogP contribution in [0, 0.1) is 5.92 Å². The van der Waals surface area contributed by atoms with Gasteiger partial charge in [-0.05, 0) is 18.5 Å². The largest absolute Gasteiger partial charge is 0.381 e. The zero-order chi connectivity index (χ0) is 18.1. The summed E-state index contributed by atoms with van der Waals surface area (Å²) >= 11 is 0. The van der Waals surface area contributed by atoms with E-state index >= 15 is 0 Å². The molecule has 1 aliphatic rings. The van der Waals surface area contributed by atoms with Gasteiger partial charge in [-0.2, -0.15) is 0 Å². The minimum Gasteiger partial charge on any atom is -0.381 e. The molecule has 1 atom stereocenters. The maximum Gasteiger partial charge on any atom is 0.222 e. The van der Waals surface area contributed by atoms with Gasteiger partial charge in [0.05, 0.1) is 12.6 Å². The number of ether oxygens (including phenoxy) is 1. The molecular weight excluding hydrogens is 314 g/mol. The van der Waals surface area contributed by atoms with Crippen molar-refractivity contribution in [2.45, 2.75) is 26.3 Å². The Morgan fingerprint density at radius 3 is 2.48 bits per heavy atom. The van der Waals surface area contributed by atoms with E-state index in [9.17, 15) is 4.79 Å². The van der Waals surface area contributed by atoms with E-state index in [0.29, 0.717) is 25.6 Å². The minimum atomic E-state index is 0.0298. The predicted octanol–water partition coefficient (Wildman–Crippen LogP) is 2.15. The number of rotatable bonds is 9. The topological polar surface area (TPSA) is 44.8 Å². The van der Waals surface area contributed by atoms with Gasteiger partial charge in [-0.1, -0.05) is 44.2 Å². The smallest absolute Gasteiger partial charge is 0.222 e. The zero-order valence-electron chi connectivity index (χ0n) is 15.9. The van der Waals surface area contributed by atoms with Crippen molar-refractivity contribution in [3.8, 4) is 0 Å². The molecule has 1 saturated heterocycles. The summed E-state index contributed by atoms with van der Waals surface area (Å²) in [5, 5.41) is 3.21. The lowest BCUT2D eigenvalue weighted by Crippen LogP contribution is -2.47. The average molecular weight is 348 g/mol. The molecule has 0 radical (unpaired) electrons. The molecule has 0 aromatic heterocycles. The van der Waals surface area contributed by atoms with E-state index in [4.69, 9.17) is 4.74 Å². The lowest BCUT2D eigenvalue weighted by Gasteiger charge is -2.35. The fraction of sp³-hybridized carbons (Fsp3) is 0.650. The summed E-state index contributed by atoms with van der Waals surface area (Å²) in [6, 6.07) is 10.3. The van der Waals surface area contributed by atoms with E-state index in [-0.39, 0.29) is 11.9 Å². The van der Waals surface area contributed by atoms with Gasteiger partial charge >= 0.3 is 0 Å². The number of hydrogen-bond acceptors (Lipinski definition) is 4. The van der Waals surface area contributed by atoms with E-state index in [1.54, 1.807) is 0 Å². The van der Waals surface area contributed by atoms with E-state index in [2.05, 4.69) is 48.1 Å². The van der Waals surface area contributed by atoms with Crippen molar-refractivity contribution in [3.05, 3.63) is 35.9 Å². The van der Waals surface area contributed by atoms with Gasteiger partial charge in [0.2, 0.25) is 5.91 Å². The molecule has 0 spiro atoms. The minimum absolute atomic E-state index is 0.0298. The van der Waals surface area contributed by atoms with Crippen LogP contribution in [0.5, 0.6) is 0 Å². The van der Waals surface area contributed by atoms with Crippen molar-refractivity contribution in [1.29, 1.82) is 0 Å². The molecule has 2 rings (SSSR count). The van der Waals surface area contributed by atoms with E-state index in [0.717, 1.165) is 38.3 Å². The van der Waals surface area contributed by atoms with Crippen molar-refractivity contribution in [2.24, 2.45) is 5.92 Å². The Kier molecular flexibility index (Phi) is 8.38. The van der Waals surface area contributed by atoms with Gasteiger partial charge in [-0.3, -0.25) is 9.69 Å². The number of likely N-dealkylation sites (N-methyl/N-ethyl adjacent to an activating group) is 1. The summed E-state index contributed by atoms with van der Waals surface area (Å²) in [5.41, 5.74) is 1.16. The number of nitrogens with zero attached hydrogens (tertiary/aromatic N) is 2. The molecule has 0 saturated carbocycles. The standard InChI is InChI=1S/C20H33N3O2/c1-17(2)16-25-14-9-20(24)21-19(18-7-5-4-6-8-18)15-23-12-10-22(3)11-13-23/h4-8,17,19H,9-16H2,1-3H3,(H,21,24). The van der Waals surface area contributed by atoms with Crippen LogP contribution in [-0.2, 0) is 9.53 Å². The normalized spacial score (nSPS) is 17.6. The van der Waals surface area contributed by atoms with Crippen LogP contribution in [0.15, 0.2) is 30.3 Å². The SMILES string of the molecule is CC(C)COCCC(=O)NC(CN1CCN(C)CC1)c1ccccc1. The van der Waals surface area contributed by atoms with Crippen molar-refractivity contribution in [2.75, 3.05) is 53.0 Å². The van der Waals surface area contributed by atoms with Gasteiger partial charge in [-0.25, -0.2) is 0 Å². The number of nitrogens with one attached hydrogen (secondary N) is 1. The zero-order valence-corrected chi connectivity index (χ0v) is 15.9. The molecule has 0 aliphatic carbocycles. The molecule has 1 aromatic rings. The van der Waals surface area contributed by atoms with Crippen LogP contribution in [0.2, 0.25) is 0 Å². The van der Waals surface area contributed by atoms with Crippen LogP contribution < -0.4 is 5.32 Å². The maximum atomic E-state index is 12.3. The second-order valence-electron chi connectivity index (χ2n) is 7.35. The first-order valence-electron chi connectivity index (χ1n) is 9.37. The first kappa shape index (κ1) is 19.9. The Labute approximate surface area is 152 Å². The van der Waals surface area contributed by atoms with Crippen molar-refractivity contribution < 1.29 is 9.53 Å². The second kappa shape index (κ2) is 10.5. The molecule has 1 aliphatic heterocycles. The fourth-order valence-electron chi connectivity index (χ4n) is 2.96. The third-order valence-electron chi connectivity index (χ3n) is 4.50. The second-order valence-corrected chi connectivity index (χ2v) is 7.35. The van der Waals surface area contributed by atoms with Gasteiger partial charge in [0.15, 0.2) is 0 Å². The van der Waals surface area contributed by atoms with E-state index in [1.807, 2.05) is 18.2 Å². The first-order chi connectivity index (χ1) is 12.0. The molecule has 1 amide bonds. The highest BCUT2D eigenvalue weighted by Gasteiger charge is 2.21. The summed E-state index contributed by atoms with van der Waals surface area (Å²) in [7, 11) is 2.16. The van der Waals surface area contributed by atoms with Gasteiger partial charge in [0.25, 0.3) is 0 Å². The maximum absolute atomic E-state index is 12.3. The van der Waals surface area contributed by atoms with Crippen LogP contribution in [0.4, 0.5) is 0 Å².